The summed E-state index contributed by atoms with van der Waals surface area (Å²) in [6, 6.07) is 16.3. The summed E-state index contributed by atoms with van der Waals surface area (Å²) in [6.07, 6.45) is 1.73. The van der Waals surface area contributed by atoms with E-state index in [1.54, 1.807) is 0 Å². The highest BCUT2D eigenvalue weighted by atomic mass is 16.5. The number of rotatable bonds is 5. The van der Waals surface area contributed by atoms with Crippen LogP contribution < -0.4 is 5.32 Å². The number of piperidine rings is 1. The zero-order valence-electron chi connectivity index (χ0n) is 19.3. The molecule has 2 amide bonds. The first-order valence-electron chi connectivity index (χ1n) is 12.1. The Kier molecular flexibility index (Phi) is 6.02. The quantitative estimate of drug-likeness (QED) is 0.700. The van der Waals surface area contributed by atoms with E-state index in [-0.39, 0.29) is 42.4 Å². The molecule has 1 aliphatic heterocycles. The highest BCUT2D eigenvalue weighted by molar-refractivity contribution is 5.81. The van der Waals surface area contributed by atoms with Crippen LogP contribution in [0.5, 0.6) is 0 Å². The van der Waals surface area contributed by atoms with Crippen molar-refractivity contribution >= 4 is 18.0 Å². The Bertz CT molecular complexity index is 1060. The summed E-state index contributed by atoms with van der Waals surface area (Å²) < 4.78 is 5.61. The van der Waals surface area contributed by atoms with E-state index in [0.717, 1.165) is 0 Å². The van der Waals surface area contributed by atoms with Gasteiger partial charge in [-0.1, -0.05) is 48.5 Å². The Morgan fingerprint density at radius 1 is 0.971 bits per heavy atom. The van der Waals surface area contributed by atoms with Gasteiger partial charge in [-0.05, 0) is 54.9 Å². The van der Waals surface area contributed by atoms with Crippen LogP contribution in [0.2, 0.25) is 0 Å². The van der Waals surface area contributed by atoms with Gasteiger partial charge in [0.05, 0.1) is 5.92 Å². The van der Waals surface area contributed by atoms with Gasteiger partial charge in [0.25, 0.3) is 0 Å². The highest BCUT2D eigenvalue weighted by Gasteiger charge is 2.41. The van der Waals surface area contributed by atoms with Gasteiger partial charge in [0.15, 0.2) is 0 Å². The number of hydrogen-bond donors (Lipinski definition) is 2. The minimum Gasteiger partial charge on any atom is -0.481 e. The Hall–Kier alpha value is -3.35. The molecule has 0 spiro atoms. The fourth-order valence-electron chi connectivity index (χ4n) is 5.70. The second-order valence-electron chi connectivity index (χ2n) is 9.78. The number of hydrogen-bond acceptors (Lipinski definition) is 4. The topological polar surface area (TPSA) is 95.9 Å². The summed E-state index contributed by atoms with van der Waals surface area (Å²) in [7, 11) is 0. The molecular weight excluding hydrogens is 432 g/mol. The van der Waals surface area contributed by atoms with Crippen molar-refractivity contribution in [3.63, 3.8) is 0 Å². The fraction of sp³-hybridized carbons (Fsp3) is 0.444. The number of carbonyl (C=O) groups is 3. The Labute approximate surface area is 199 Å². The SMILES string of the molecule is CC1CC(C(=O)O)CCN1C(=O)C1CC(NC(=O)OCC2c3ccccc3-c3ccccc32)C1. The average Bonchev–Trinajstić information content (AvgIpc) is 3.13. The lowest BCUT2D eigenvalue weighted by Crippen LogP contribution is -2.54. The van der Waals surface area contributed by atoms with Gasteiger partial charge in [0, 0.05) is 30.5 Å². The first-order chi connectivity index (χ1) is 16.4. The minimum absolute atomic E-state index is 0.0177. The monoisotopic (exact) mass is 462 g/mol. The number of likely N-dealkylation sites (tertiary alicyclic amines) is 1. The van der Waals surface area contributed by atoms with Crippen LogP contribution in [0.3, 0.4) is 0 Å². The summed E-state index contributed by atoms with van der Waals surface area (Å²) in [6.45, 7) is 2.67. The minimum atomic E-state index is -0.782. The summed E-state index contributed by atoms with van der Waals surface area (Å²) in [5.74, 6) is -1.19. The maximum Gasteiger partial charge on any atom is 0.407 e. The number of alkyl carbamates (subject to hydrolysis) is 1. The molecule has 1 saturated carbocycles. The predicted molar refractivity (Wildman–Crippen MR) is 126 cm³/mol. The molecule has 0 aromatic heterocycles. The van der Waals surface area contributed by atoms with E-state index in [9.17, 15) is 19.5 Å². The lowest BCUT2D eigenvalue weighted by atomic mass is 9.78. The van der Waals surface area contributed by atoms with Gasteiger partial charge >= 0.3 is 12.1 Å². The molecule has 2 fully saturated rings. The van der Waals surface area contributed by atoms with E-state index in [1.165, 1.54) is 22.3 Å². The van der Waals surface area contributed by atoms with Gasteiger partial charge in [0.1, 0.15) is 6.61 Å². The van der Waals surface area contributed by atoms with Gasteiger partial charge in [-0.25, -0.2) is 4.79 Å². The van der Waals surface area contributed by atoms with Gasteiger partial charge in [-0.15, -0.1) is 0 Å². The molecule has 3 aliphatic rings. The first-order valence-corrected chi connectivity index (χ1v) is 12.1. The van der Waals surface area contributed by atoms with E-state index in [1.807, 2.05) is 36.1 Å². The Morgan fingerprint density at radius 2 is 1.59 bits per heavy atom. The second kappa shape index (κ2) is 9.12. The molecule has 1 heterocycles. The van der Waals surface area contributed by atoms with E-state index in [4.69, 9.17) is 4.74 Å². The van der Waals surface area contributed by atoms with Crippen LogP contribution in [0.4, 0.5) is 4.79 Å². The van der Waals surface area contributed by atoms with Crippen LogP contribution in [0.1, 0.15) is 49.7 Å². The van der Waals surface area contributed by atoms with Gasteiger partial charge in [-0.3, -0.25) is 9.59 Å². The molecule has 0 radical (unpaired) electrons. The number of ether oxygens (including phenoxy) is 1. The van der Waals surface area contributed by atoms with Crippen molar-refractivity contribution in [1.29, 1.82) is 0 Å². The Morgan fingerprint density at radius 3 is 2.18 bits per heavy atom. The summed E-state index contributed by atoms with van der Waals surface area (Å²) >= 11 is 0. The van der Waals surface area contributed by atoms with E-state index >= 15 is 0 Å². The van der Waals surface area contributed by atoms with Crippen LogP contribution in [0.15, 0.2) is 48.5 Å². The summed E-state index contributed by atoms with van der Waals surface area (Å²) in [5, 5.41) is 12.1. The third kappa shape index (κ3) is 4.15. The molecular formula is C27H30N2O5. The maximum atomic E-state index is 12.9. The second-order valence-corrected chi connectivity index (χ2v) is 9.78. The molecule has 5 rings (SSSR count). The number of carboxylic acid groups (broad SMARTS) is 1. The third-order valence-electron chi connectivity index (χ3n) is 7.66. The van der Waals surface area contributed by atoms with Crippen molar-refractivity contribution in [1.82, 2.24) is 10.2 Å². The van der Waals surface area contributed by atoms with Gasteiger partial charge < -0.3 is 20.1 Å². The van der Waals surface area contributed by atoms with Crippen LogP contribution in [-0.4, -0.2) is 53.2 Å². The van der Waals surface area contributed by atoms with E-state index < -0.39 is 12.1 Å². The van der Waals surface area contributed by atoms with Gasteiger partial charge in [0.2, 0.25) is 5.91 Å². The van der Waals surface area contributed by atoms with Crippen molar-refractivity contribution in [2.45, 2.75) is 50.6 Å². The molecule has 7 nitrogen and oxygen atoms in total. The highest BCUT2D eigenvalue weighted by Crippen LogP contribution is 2.44. The van der Waals surface area contributed by atoms with Crippen molar-refractivity contribution < 1.29 is 24.2 Å². The van der Waals surface area contributed by atoms with Gasteiger partial charge in [-0.2, -0.15) is 0 Å². The van der Waals surface area contributed by atoms with Crippen molar-refractivity contribution in [2.24, 2.45) is 11.8 Å². The zero-order chi connectivity index (χ0) is 23.8. The molecule has 1 saturated heterocycles. The number of fused-ring (bicyclic) bond motifs is 3. The average molecular weight is 463 g/mol. The molecule has 2 aromatic carbocycles. The first kappa shape index (κ1) is 22.4. The zero-order valence-corrected chi connectivity index (χ0v) is 19.3. The normalized spacial score (nSPS) is 25.6. The molecule has 2 atom stereocenters. The molecule has 2 aromatic rings. The number of benzene rings is 2. The molecule has 2 unspecified atom stereocenters. The van der Waals surface area contributed by atoms with Crippen LogP contribution in [-0.2, 0) is 14.3 Å². The maximum absolute atomic E-state index is 12.9. The molecule has 2 aliphatic carbocycles. The number of nitrogens with one attached hydrogen (secondary N) is 1. The molecule has 2 N–H and O–H groups in total. The largest absolute Gasteiger partial charge is 0.481 e. The number of nitrogens with zero attached hydrogens (tertiary/aromatic N) is 1. The van der Waals surface area contributed by atoms with Crippen molar-refractivity contribution in [3.8, 4) is 11.1 Å². The van der Waals surface area contributed by atoms with E-state index in [0.29, 0.717) is 32.2 Å². The smallest absolute Gasteiger partial charge is 0.407 e. The number of carbonyl (C=O) groups excluding carboxylic acids is 2. The predicted octanol–water partition coefficient (Wildman–Crippen LogP) is 4.02. The lowest BCUT2D eigenvalue weighted by molar-refractivity contribution is -0.150. The number of carboxylic acids is 1. The van der Waals surface area contributed by atoms with Crippen LogP contribution in [0, 0.1) is 11.8 Å². The third-order valence-corrected chi connectivity index (χ3v) is 7.66. The number of aliphatic carboxylic acids is 1. The summed E-state index contributed by atoms with van der Waals surface area (Å²) in [5.41, 5.74) is 4.72. The Balaban J connectivity index is 1.10. The van der Waals surface area contributed by atoms with Crippen LogP contribution >= 0.6 is 0 Å². The van der Waals surface area contributed by atoms with E-state index in [2.05, 4.69) is 29.6 Å². The number of amides is 2. The molecule has 34 heavy (non-hydrogen) atoms. The molecule has 0 bridgehead atoms. The molecule has 178 valence electrons. The van der Waals surface area contributed by atoms with Crippen LogP contribution in [0.25, 0.3) is 11.1 Å². The standard InChI is InChI=1S/C27H30N2O5/c1-16-12-17(26(31)32)10-11-29(16)25(30)18-13-19(14-18)28-27(33)34-15-24-22-8-4-2-6-20(22)21-7-3-5-9-23(21)24/h2-9,16-19,24H,10-15H2,1H3,(H,28,33)(H,31,32). The van der Waals surface area contributed by atoms with Crippen molar-refractivity contribution in [2.75, 3.05) is 13.2 Å². The molecule has 7 heteroatoms. The summed E-state index contributed by atoms with van der Waals surface area (Å²) in [4.78, 5) is 38.4. The fourth-order valence-corrected chi connectivity index (χ4v) is 5.70. The van der Waals surface area contributed by atoms with Crippen molar-refractivity contribution in [3.05, 3.63) is 59.7 Å². The lowest BCUT2D eigenvalue weighted by Gasteiger charge is -2.42.